The van der Waals surface area contributed by atoms with Crippen molar-refractivity contribution in [1.29, 1.82) is 0 Å². The molecule has 28 heavy (non-hydrogen) atoms. The molecule has 1 unspecified atom stereocenters. The van der Waals surface area contributed by atoms with Crippen LogP contribution in [0.15, 0.2) is 34.7 Å². The Balaban J connectivity index is 1.89. The van der Waals surface area contributed by atoms with E-state index in [1.54, 1.807) is 19.1 Å². The zero-order chi connectivity index (χ0) is 20.3. The van der Waals surface area contributed by atoms with Crippen LogP contribution < -0.4 is 10.6 Å². The van der Waals surface area contributed by atoms with Crippen molar-refractivity contribution in [2.24, 2.45) is 0 Å². The topological polar surface area (TPSA) is 91.6 Å². The number of hydrogen-bond donors (Lipinski definition) is 3. The molecule has 1 aliphatic carbocycles. The largest absolute Gasteiger partial charge is 0.454 e. The second kappa shape index (κ2) is 8.56. The monoisotopic (exact) mass is 388 g/mol. The lowest BCUT2D eigenvalue weighted by Crippen LogP contribution is -2.38. The van der Waals surface area contributed by atoms with Crippen molar-refractivity contribution in [2.75, 3.05) is 7.05 Å². The molecule has 2 aromatic rings. The molecule has 0 bridgehead atoms. The Hall–Kier alpha value is -2.67. The zero-order valence-electron chi connectivity index (χ0n) is 16.0. The Morgan fingerprint density at radius 1 is 1.18 bits per heavy atom. The van der Waals surface area contributed by atoms with Gasteiger partial charge in [0.25, 0.3) is 11.8 Å². The van der Waals surface area contributed by atoms with Crippen molar-refractivity contribution in [1.82, 2.24) is 10.6 Å². The first kappa shape index (κ1) is 20.1. The number of aliphatic hydroxyl groups is 1. The molecular formula is C21H25FN2O4. The van der Waals surface area contributed by atoms with Crippen LogP contribution in [-0.4, -0.2) is 36.1 Å². The van der Waals surface area contributed by atoms with E-state index in [0.29, 0.717) is 37.0 Å². The van der Waals surface area contributed by atoms with Crippen molar-refractivity contribution in [3.8, 4) is 0 Å². The van der Waals surface area contributed by atoms with Crippen molar-refractivity contribution < 1.29 is 23.5 Å². The number of nitrogens with one attached hydrogen (secondary N) is 2. The van der Waals surface area contributed by atoms with Crippen molar-refractivity contribution in [3.05, 3.63) is 58.8 Å². The van der Waals surface area contributed by atoms with E-state index in [9.17, 15) is 19.1 Å². The molecule has 0 radical (unpaired) electrons. The van der Waals surface area contributed by atoms with Crippen LogP contribution in [0.3, 0.4) is 0 Å². The molecule has 3 rings (SSSR count). The summed E-state index contributed by atoms with van der Waals surface area (Å²) in [7, 11) is 1.48. The number of hydrogen-bond acceptors (Lipinski definition) is 4. The minimum absolute atomic E-state index is 0.0324. The maximum Gasteiger partial charge on any atom is 0.286 e. The van der Waals surface area contributed by atoms with Gasteiger partial charge in [-0.25, -0.2) is 4.39 Å². The lowest BCUT2D eigenvalue weighted by Gasteiger charge is -2.26. The van der Waals surface area contributed by atoms with E-state index < -0.39 is 11.8 Å². The average molecular weight is 388 g/mol. The van der Waals surface area contributed by atoms with Gasteiger partial charge in [-0.3, -0.25) is 9.59 Å². The molecule has 150 valence electrons. The molecule has 0 spiro atoms. The van der Waals surface area contributed by atoms with E-state index >= 15 is 0 Å². The third-order valence-electron chi connectivity index (χ3n) is 5.23. The third kappa shape index (κ3) is 4.42. The molecule has 7 heteroatoms. The fraction of sp³-hybridized carbons (Fsp3) is 0.429. The van der Waals surface area contributed by atoms with E-state index in [4.69, 9.17) is 4.42 Å². The number of benzene rings is 1. The maximum atomic E-state index is 13.6. The smallest absolute Gasteiger partial charge is 0.286 e. The summed E-state index contributed by atoms with van der Waals surface area (Å²) < 4.78 is 19.4. The zero-order valence-corrected chi connectivity index (χ0v) is 16.0. The number of carbonyl (C=O) groups is 2. The summed E-state index contributed by atoms with van der Waals surface area (Å²) in [6.45, 7) is 1.80. The molecule has 0 aliphatic heterocycles. The first-order valence-electron chi connectivity index (χ1n) is 9.49. The van der Waals surface area contributed by atoms with Crippen LogP contribution >= 0.6 is 0 Å². The number of rotatable bonds is 5. The van der Waals surface area contributed by atoms with Gasteiger partial charge in [-0.05, 0) is 43.4 Å². The highest BCUT2D eigenvalue weighted by atomic mass is 19.1. The molecule has 0 saturated heterocycles. The van der Waals surface area contributed by atoms with Gasteiger partial charge in [-0.2, -0.15) is 0 Å². The molecule has 1 heterocycles. The molecule has 3 N–H and O–H groups in total. The Kier molecular flexibility index (Phi) is 6.14. The number of carbonyl (C=O) groups excluding carboxylic acids is 2. The van der Waals surface area contributed by atoms with Crippen LogP contribution in [0, 0.1) is 5.82 Å². The Morgan fingerprint density at radius 3 is 2.54 bits per heavy atom. The van der Waals surface area contributed by atoms with Gasteiger partial charge in [-0.15, -0.1) is 0 Å². The number of aliphatic hydroxyl groups excluding tert-OH is 1. The fourth-order valence-corrected chi connectivity index (χ4v) is 3.55. The van der Waals surface area contributed by atoms with Gasteiger partial charge in [0.05, 0.1) is 11.7 Å². The van der Waals surface area contributed by atoms with Crippen LogP contribution in [-0.2, 0) is 0 Å². The second-order valence-electron chi connectivity index (χ2n) is 7.22. The predicted molar refractivity (Wildman–Crippen MR) is 102 cm³/mol. The summed E-state index contributed by atoms with van der Waals surface area (Å²) in [5.41, 5.74) is 0.911. The molecule has 1 atom stereocenters. The highest BCUT2D eigenvalue weighted by Gasteiger charge is 2.28. The molecule has 1 aromatic heterocycles. The van der Waals surface area contributed by atoms with Crippen molar-refractivity contribution in [2.45, 2.75) is 50.7 Å². The fourth-order valence-electron chi connectivity index (χ4n) is 3.55. The lowest BCUT2D eigenvalue weighted by molar-refractivity contribution is 0.0864. The van der Waals surface area contributed by atoms with Crippen LogP contribution in [0.2, 0.25) is 0 Å². The van der Waals surface area contributed by atoms with Crippen LogP contribution in [0.1, 0.15) is 70.8 Å². The average Bonchev–Trinajstić information content (AvgIpc) is 3.14. The van der Waals surface area contributed by atoms with E-state index in [1.807, 2.05) is 0 Å². The van der Waals surface area contributed by atoms with E-state index in [2.05, 4.69) is 10.6 Å². The third-order valence-corrected chi connectivity index (χ3v) is 5.23. The van der Waals surface area contributed by atoms with E-state index in [1.165, 1.54) is 25.2 Å². The molecule has 2 amide bonds. The summed E-state index contributed by atoms with van der Waals surface area (Å²) in [6, 6.07) is 7.47. The summed E-state index contributed by atoms with van der Waals surface area (Å²) in [5.74, 6) is -1.22. The summed E-state index contributed by atoms with van der Waals surface area (Å²) >= 11 is 0. The number of furan rings is 1. The summed E-state index contributed by atoms with van der Waals surface area (Å²) in [5, 5.41) is 15.1. The van der Waals surface area contributed by atoms with Crippen LogP contribution in [0.5, 0.6) is 0 Å². The minimum atomic E-state index is -0.437. The van der Waals surface area contributed by atoms with Gasteiger partial charge in [0.15, 0.2) is 5.76 Å². The molecular weight excluding hydrogens is 363 g/mol. The first-order valence-corrected chi connectivity index (χ1v) is 9.49. The summed E-state index contributed by atoms with van der Waals surface area (Å²) in [6.07, 6.45) is 2.37. The lowest BCUT2D eigenvalue weighted by atomic mass is 9.92. The van der Waals surface area contributed by atoms with Crippen molar-refractivity contribution >= 4 is 11.8 Å². The Bertz CT molecular complexity index is 856. The van der Waals surface area contributed by atoms with E-state index in [-0.39, 0.29) is 35.2 Å². The van der Waals surface area contributed by atoms with E-state index in [0.717, 1.165) is 0 Å². The number of halogens is 1. The second-order valence-corrected chi connectivity index (χ2v) is 7.22. The maximum absolute atomic E-state index is 13.6. The number of amides is 2. The molecule has 1 aliphatic rings. The van der Waals surface area contributed by atoms with Crippen molar-refractivity contribution in [3.63, 3.8) is 0 Å². The van der Waals surface area contributed by atoms with Gasteiger partial charge in [0.1, 0.15) is 11.6 Å². The van der Waals surface area contributed by atoms with Gasteiger partial charge < -0.3 is 20.2 Å². The molecule has 1 saturated carbocycles. The van der Waals surface area contributed by atoms with Gasteiger partial charge in [-0.1, -0.05) is 19.1 Å². The summed E-state index contributed by atoms with van der Waals surface area (Å²) in [4.78, 5) is 24.9. The SMILES string of the molecule is CNC(=O)c1cc(C(=O)NC2CCC(O)CC2)c(C(C)c2cccc(F)c2)o1. The Morgan fingerprint density at radius 2 is 1.89 bits per heavy atom. The minimum Gasteiger partial charge on any atom is -0.454 e. The normalized spacial score (nSPS) is 20.4. The molecule has 1 fully saturated rings. The van der Waals surface area contributed by atoms with Gasteiger partial charge >= 0.3 is 0 Å². The van der Waals surface area contributed by atoms with Crippen LogP contribution in [0.4, 0.5) is 4.39 Å². The Labute approximate surface area is 163 Å². The first-order chi connectivity index (χ1) is 13.4. The standard InChI is InChI=1S/C21H25FN2O4/c1-12(13-4-3-5-14(22)10-13)19-17(11-18(28-19)21(27)23-2)20(26)24-15-6-8-16(25)9-7-15/h3-5,10-12,15-16,25H,6-9H2,1-2H3,(H,23,27)(H,24,26). The quantitative estimate of drug-likeness (QED) is 0.734. The van der Waals surface area contributed by atoms with Crippen LogP contribution in [0.25, 0.3) is 0 Å². The predicted octanol–water partition coefficient (Wildman–Crippen LogP) is 2.96. The molecule has 6 nitrogen and oxygen atoms in total. The van der Waals surface area contributed by atoms with Gasteiger partial charge in [0, 0.05) is 25.1 Å². The highest BCUT2D eigenvalue weighted by Crippen LogP contribution is 2.30. The van der Waals surface area contributed by atoms with Gasteiger partial charge in [0.2, 0.25) is 0 Å². The molecule has 1 aromatic carbocycles. The highest BCUT2D eigenvalue weighted by molar-refractivity contribution is 5.99.